The van der Waals surface area contributed by atoms with Crippen molar-refractivity contribution in [1.29, 1.82) is 0 Å². The third-order valence-electron chi connectivity index (χ3n) is 2.40. The minimum absolute atomic E-state index is 0.239. The number of ether oxygens (including phenoxy) is 1. The number of nitrogens with zero attached hydrogens (tertiary/aromatic N) is 2. The van der Waals surface area contributed by atoms with E-state index in [2.05, 4.69) is 15.2 Å². The molecule has 0 saturated carbocycles. The summed E-state index contributed by atoms with van der Waals surface area (Å²) >= 11 is 0. The molecule has 0 unspecified atom stereocenters. The molecular weight excluding hydrogens is 309 g/mol. The van der Waals surface area contributed by atoms with Gasteiger partial charge in [-0.25, -0.2) is 4.39 Å². The smallest absolute Gasteiger partial charge is 0.387 e. The lowest BCUT2D eigenvalue weighted by Crippen LogP contribution is -2.14. The van der Waals surface area contributed by atoms with E-state index >= 15 is 0 Å². The van der Waals surface area contributed by atoms with Crippen molar-refractivity contribution in [3.63, 3.8) is 0 Å². The minimum atomic E-state index is -3.22. The Morgan fingerprint density at radius 2 is 2.14 bits per heavy atom. The van der Waals surface area contributed by atoms with Crippen LogP contribution in [-0.2, 0) is 0 Å². The second kappa shape index (κ2) is 6.11. The van der Waals surface area contributed by atoms with Gasteiger partial charge in [0.2, 0.25) is 0 Å². The summed E-state index contributed by atoms with van der Waals surface area (Å²) < 4.78 is 41.6. The van der Waals surface area contributed by atoms with Crippen LogP contribution in [0.4, 0.5) is 24.7 Å². The highest BCUT2D eigenvalue weighted by Crippen LogP contribution is 2.27. The molecule has 0 spiro atoms. The van der Waals surface area contributed by atoms with Gasteiger partial charge in [0.15, 0.2) is 11.4 Å². The zero-order valence-electron chi connectivity index (χ0n) is 10.5. The van der Waals surface area contributed by atoms with Crippen molar-refractivity contribution < 1.29 is 27.6 Å². The van der Waals surface area contributed by atoms with Crippen LogP contribution in [0.5, 0.6) is 5.75 Å². The van der Waals surface area contributed by atoms with Gasteiger partial charge in [0.25, 0.3) is 5.91 Å². The molecule has 0 radical (unpaired) electrons. The second-order valence-electron chi connectivity index (χ2n) is 3.87. The summed E-state index contributed by atoms with van der Waals surface area (Å²) in [6.45, 7) is -3.22. The molecule has 0 bridgehead atoms. The van der Waals surface area contributed by atoms with E-state index in [0.29, 0.717) is 6.07 Å². The first kappa shape index (κ1) is 15.3. The molecule has 1 aromatic heterocycles. The molecule has 0 atom stereocenters. The molecule has 0 aliphatic rings. The van der Waals surface area contributed by atoms with E-state index < -0.39 is 34.8 Å². The molecule has 0 aliphatic carbocycles. The molecule has 1 aromatic carbocycles. The van der Waals surface area contributed by atoms with Crippen LogP contribution in [0.25, 0.3) is 0 Å². The molecule has 1 heterocycles. The number of carbonyl (C=O) groups is 1. The summed E-state index contributed by atoms with van der Waals surface area (Å²) in [4.78, 5) is 21.5. The summed E-state index contributed by atoms with van der Waals surface area (Å²) in [6.07, 6.45) is 0. The van der Waals surface area contributed by atoms with Crippen molar-refractivity contribution in [2.75, 3.05) is 5.32 Å². The maximum atomic E-state index is 13.0. The molecular formula is C11H7F3N4O4. The number of aromatic amines is 1. The number of nitrogens with one attached hydrogen (secondary N) is 2. The maximum Gasteiger partial charge on any atom is 0.387 e. The molecule has 11 heteroatoms. The van der Waals surface area contributed by atoms with Crippen LogP contribution in [-0.4, -0.2) is 27.6 Å². The lowest BCUT2D eigenvalue weighted by molar-refractivity contribution is -0.389. The van der Waals surface area contributed by atoms with E-state index in [0.717, 1.165) is 18.2 Å². The standard InChI is InChI=1S/C11H7F3N4O4/c12-5-1-2-6(8(3-5)22-11(13)14)15-10(19)7-4-9(17-16-7)18(20)21/h1-4,11H,(H,15,19)(H,16,17). The molecule has 8 nitrogen and oxygen atoms in total. The van der Waals surface area contributed by atoms with Gasteiger partial charge in [-0.15, -0.1) is 5.10 Å². The van der Waals surface area contributed by atoms with Crippen molar-refractivity contribution in [2.24, 2.45) is 0 Å². The number of anilines is 1. The van der Waals surface area contributed by atoms with E-state index in [1.165, 1.54) is 0 Å². The Hall–Kier alpha value is -3.11. The molecule has 22 heavy (non-hydrogen) atoms. The molecule has 116 valence electrons. The van der Waals surface area contributed by atoms with Crippen molar-refractivity contribution in [1.82, 2.24) is 10.2 Å². The topological polar surface area (TPSA) is 110 Å². The molecule has 1 amide bonds. The number of nitro groups is 1. The Morgan fingerprint density at radius 3 is 2.73 bits per heavy atom. The van der Waals surface area contributed by atoms with E-state index in [1.54, 1.807) is 0 Å². The normalized spacial score (nSPS) is 10.5. The molecule has 2 N–H and O–H groups in total. The third-order valence-corrected chi connectivity index (χ3v) is 2.40. The van der Waals surface area contributed by atoms with Gasteiger partial charge >= 0.3 is 12.4 Å². The first-order valence-electron chi connectivity index (χ1n) is 5.62. The Labute approximate surface area is 120 Å². The minimum Gasteiger partial charge on any atom is -0.432 e. The number of hydrogen-bond donors (Lipinski definition) is 2. The Kier molecular flexibility index (Phi) is 4.25. The van der Waals surface area contributed by atoms with Crippen molar-refractivity contribution in [3.05, 3.63) is 45.9 Å². The van der Waals surface area contributed by atoms with Crippen LogP contribution in [0, 0.1) is 15.9 Å². The van der Waals surface area contributed by atoms with Gasteiger partial charge in [-0.05, 0) is 17.1 Å². The number of benzene rings is 1. The number of aromatic nitrogens is 2. The van der Waals surface area contributed by atoms with Crippen LogP contribution >= 0.6 is 0 Å². The van der Waals surface area contributed by atoms with Crippen LogP contribution < -0.4 is 10.1 Å². The van der Waals surface area contributed by atoms with Gasteiger partial charge in [-0.3, -0.25) is 4.79 Å². The van der Waals surface area contributed by atoms with Crippen molar-refractivity contribution in [3.8, 4) is 5.75 Å². The largest absolute Gasteiger partial charge is 0.432 e. The van der Waals surface area contributed by atoms with E-state index in [4.69, 9.17) is 0 Å². The summed E-state index contributed by atoms with van der Waals surface area (Å²) in [7, 11) is 0. The fourth-order valence-electron chi connectivity index (χ4n) is 1.50. The first-order chi connectivity index (χ1) is 10.4. The summed E-state index contributed by atoms with van der Waals surface area (Å²) in [5.41, 5.74) is -0.587. The van der Waals surface area contributed by atoms with Crippen LogP contribution in [0.2, 0.25) is 0 Å². The number of rotatable bonds is 5. The zero-order chi connectivity index (χ0) is 16.3. The van der Waals surface area contributed by atoms with Crippen LogP contribution in [0.15, 0.2) is 24.3 Å². The predicted molar refractivity (Wildman–Crippen MR) is 66.2 cm³/mol. The van der Waals surface area contributed by atoms with E-state index in [9.17, 15) is 28.1 Å². The predicted octanol–water partition coefficient (Wildman–Crippen LogP) is 2.31. The number of H-pyrrole nitrogens is 1. The quantitative estimate of drug-likeness (QED) is 0.649. The highest BCUT2D eigenvalue weighted by Gasteiger charge is 2.19. The highest BCUT2D eigenvalue weighted by molar-refractivity contribution is 6.03. The summed E-state index contributed by atoms with van der Waals surface area (Å²) in [6, 6.07) is 3.44. The van der Waals surface area contributed by atoms with Gasteiger partial charge < -0.3 is 20.2 Å². The first-order valence-corrected chi connectivity index (χ1v) is 5.62. The van der Waals surface area contributed by atoms with Gasteiger partial charge in [-0.2, -0.15) is 8.78 Å². The Morgan fingerprint density at radius 1 is 1.41 bits per heavy atom. The van der Waals surface area contributed by atoms with E-state index in [-0.39, 0.29) is 11.4 Å². The van der Waals surface area contributed by atoms with Crippen LogP contribution in [0.3, 0.4) is 0 Å². The van der Waals surface area contributed by atoms with Crippen LogP contribution in [0.1, 0.15) is 10.5 Å². The monoisotopic (exact) mass is 316 g/mol. The second-order valence-corrected chi connectivity index (χ2v) is 3.87. The number of amides is 1. The lowest BCUT2D eigenvalue weighted by atomic mass is 10.2. The zero-order valence-corrected chi connectivity index (χ0v) is 10.5. The summed E-state index contributed by atoms with van der Waals surface area (Å²) in [5.74, 6) is -2.87. The summed E-state index contributed by atoms with van der Waals surface area (Å²) in [5, 5.41) is 18.0. The van der Waals surface area contributed by atoms with Crippen molar-refractivity contribution in [2.45, 2.75) is 6.61 Å². The molecule has 0 fully saturated rings. The average molecular weight is 316 g/mol. The van der Waals surface area contributed by atoms with Gasteiger partial charge in [-0.1, -0.05) is 5.10 Å². The fraction of sp³-hybridized carbons (Fsp3) is 0.0909. The lowest BCUT2D eigenvalue weighted by Gasteiger charge is -2.11. The fourth-order valence-corrected chi connectivity index (χ4v) is 1.50. The van der Waals surface area contributed by atoms with Gasteiger partial charge in [0, 0.05) is 6.07 Å². The third kappa shape index (κ3) is 3.50. The molecule has 0 aliphatic heterocycles. The van der Waals surface area contributed by atoms with Gasteiger partial charge in [0.1, 0.15) is 5.82 Å². The average Bonchev–Trinajstić information content (AvgIpc) is 2.91. The number of alkyl halides is 2. The highest BCUT2D eigenvalue weighted by atomic mass is 19.3. The maximum absolute atomic E-state index is 13.0. The van der Waals surface area contributed by atoms with Gasteiger partial charge in [0.05, 0.1) is 11.8 Å². The number of carbonyl (C=O) groups excluding carboxylic acids is 1. The number of hydrogen-bond acceptors (Lipinski definition) is 5. The molecule has 0 saturated heterocycles. The SMILES string of the molecule is O=C(Nc1ccc(F)cc1OC(F)F)c1cc([N+](=O)[O-])[nH]n1. The van der Waals surface area contributed by atoms with Crippen molar-refractivity contribution >= 4 is 17.4 Å². The molecule has 2 rings (SSSR count). The number of halogens is 3. The van der Waals surface area contributed by atoms with E-state index in [1.807, 2.05) is 5.10 Å². The Balaban J connectivity index is 2.21. The molecule has 2 aromatic rings. The Bertz CT molecular complexity index is 719.